The van der Waals surface area contributed by atoms with Crippen molar-refractivity contribution in [2.45, 2.75) is 0 Å². The number of hydrogen-bond donors (Lipinski definition) is 1. The third kappa shape index (κ3) is 3.23. The maximum absolute atomic E-state index is 12.1. The molecule has 2 aromatic rings. The number of carbonyl (C=O) groups is 1. The van der Waals surface area contributed by atoms with Gasteiger partial charge in [-0.25, -0.2) is 0 Å². The average molecular weight is 326 g/mol. The zero-order valence-corrected chi connectivity index (χ0v) is 12.2. The van der Waals surface area contributed by atoms with Crippen LogP contribution in [0.25, 0.3) is 0 Å². The van der Waals surface area contributed by atoms with Crippen molar-refractivity contribution >= 4 is 46.4 Å². The lowest BCUT2D eigenvalue weighted by molar-refractivity contribution is 0.102. The zero-order chi connectivity index (χ0) is 14.7. The van der Waals surface area contributed by atoms with E-state index in [1.54, 1.807) is 18.2 Å². The van der Waals surface area contributed by atoms with E-state index in [1.807, 2.05) is 6.07 Å². The van der Waals surface area contributed by atoms with Crippen molar-refractivity contribution in [2.24, 2.45) is 0 Å². The summed E-state index contributed by atoms with van der Waals surface area (Å²) in [7, 11) is 0. The summed E-state index contributed by atoms with van der Waals surface area (Å²) in [4.78, 5) is 12.1. The van der Waals surface area contributed by atoms with Gasteiger partial charge in [-0.1, -0.05) is 34.8 Å². The van der Waals surface area contributed by atoms with Crippen LogP contribution in [-0.4, -0.2) is 5.91 Å². The van der Waals surface area contributed by atoms with Crippen LogP contribution >= 0.6 is 34.8 Å². The molecule has 0 saturated carbocycles. The third-order valence-electron chi connectivity index (χ3n) is 2.52. The van der Waals surface area contributed by atoms with Crippen LogP contribution in [0.1, 0.15) is 15.9 Å². The highest BCUT2D eigenvalue weighted by atomic mass is 35.5. The first-order valence-electron chi connectivity index (χ1n) is 5.47. The standard InChI is InChI=1S/C14H7Cl3N2O/c15-9-2-4-12(16)11(5-9)14(20)19-10-3-1-8(7-18)13(17)6-10/h1-6H,(H,19,20). The normalized spacial score (nSPS) is 9.90. The van der Waals surface area contributed by atoms with Crippen molar-refractivity contribution in [1.29, 1.82) is 5.26 Å². The van der Waals surface area contributed by atoms with Gasteiger partial charge in [0.2, 0.25) is 0 Å². The van der Waals surface area contributed by atoms with Crippen LogP contribution in [-0.2, 0) is 0 Å². The Morgan fingerprint density at radius 3 is 2.45 bits per heavy atom. The molecule has 0 spiro atoms. The van der Waals surface area contributed by atoms with Gasteiger partial charge in [-0.05, 0) is 36.4 Å². The van der Waals surface area contributed by atoms with Crippen LogP contribution in [0.4, 0.5) is 5.69 Å². The number of halogens is 3. The molecular weight excluding hydrogens is 319 g/mol. The average Bonchev–Trinajstić information content (AvgIpc) is 2.41. The Morgan fingerprint density at radius 2 is 1.80 bits per heavy atom. The second-order valence-electron chi connectivity index (χ2n) is 3.88. The third-order valence-corrected chi connectivity index (χ3v) is 3.40. The number of benzene rings is 2. The zero-order valence-electron chi connectivity index (χ0n) is 9.95. The van der Waals surface area contributed by atoms with Gasteiger partial charge in [-0.15, -0.1) is 0 Å². The molecule has 2 rings (SSSR count). The fourth-order valence-corrected chi connectivity index (χ4v) is 2.15. The molecule has 0 unspecified atom stereocenters. The molecule has 0 saturated heterocycles. The Bertz CT molecular complexity index is 723. The summed E-state index contributed by atoms with van der Waals surface area (Å²) >= 11 is 17.7. The Labute approximate surface area is 130 Å². The molecule has 3 nitrogen and oxygen atoms in total. The monoisotopic (exact) mass is 324 g/mol. The van der Waals surface area contributed by atoms with Gasteiger partial charge >= 0.3 is 0 Å². The number of amides is 1. The number of nitrogens with one attached hydrogen (secondary N) is 1. The molecule has 0 fully saturated rings. The van der Waals surface area contributed by atoms with E-state index < -0.39 is 5.91 Å². The van der Waals surface area contributed by atoms with Gasteiger partial charge in [-0.2, -0.15) is 5.26 Å². The van der Waals surface area contributed by atoms with Gasteiger partial charge in [-0.3, -0.25) is 4.79 Å². The number of nitriles is 1. The van der Waals surface area contributed by atoms with E-state index in [2.05, 4.69) is 5.32 Å². The number of carbonyl (C=O) groups excluding carboxylic acids is 1. The Hall–Kier alpha value is -1.73. The van der Waals surface area contributed by atoms with Gasteiger partial charge in [0.05, 0.1) is 21.2 Å². The summed E-state index contributed by atoms with van der Waals surface area (Å²) < 4.78 is 0. The molecule has 1 amide bonds. The first-order chi connectivity index (χ1) is 9.51. The highest BCUT2D eigenvalue weighted by molar-refractivity contribution is 6.36. The highest BCUT2D eigenvalue weighted by Gasteiger charge is 2.12. The van der Waals surface area contributed by atoms with Crippen LogP contribution in [0, 0.1) is 11.3 Å². The Kier molecular flexibility index (Phi) is 4.51. The molecule has 0 aromatic heterocycles. The fourth-order valence-electron chi connectivity index (χ4n) is 1.55. The summed E-state index contributed by atoms with van der Waals surface area (Å²) in [6.07, 6.45) is 0. The van der Waals surface area contributed by atoms with E-state index in [9.17, 15) is 4.79 Å². The molecule has 0 aliphatic heterocycles. The fraction of sp³-hybridized carbons (Fsp3) is 0. The van der Waals surface area contributed by atoms with E-state index in [-0.39, 0.29) is 10.6 Å². The van der Waals surface area contributed by atoms with Crippen molar-refractivity contribution in [3.05, 3.63) is 62.6 Å². The number of rotatable bonds is 2. The van der Waals surface area contributed by atoms with Gasteiger partial charge in [0.25, 0.3) is 5.91 Å². The van der Waals surface area contributed by atoms with Gasteiger partial charge in [0.1, 0.15) is 6.07 Å². The smallest absolute Gasteiger partial charge is 0.257 e. The summed E-state index contributed by atoms with van der Waals surface area (Å²) in [6.45, 7) is 0. The van der Waals surface area contributed by atoms with Crippen molar-refractivity contribution in [3.63, 3.8) is 0 Å². The van der Waals surface area contributed by atoms with E-state index in [0.29, 0.717) is 21.3 Å². The highest BCUT2D eigenvalue weighted by Crippen LogP contribution is 2.24. The summed E-state index contributed by atoms with van der Waals surface area (Å²) in [6, 6.07) is 11.2. The molecule has 0 bridgehead atoms. The van der Waals surface area contributed by atoms with Crippen molar-refractivity contribution < 1.29 is 4.79 Å². The molecule has 6 heteroatoms. The minimum atomic E-state index is -0.404. The first-order valence-corrected chi connectivity index (χ1v) is 6.60. The van der Waals surface area contributed by atoms with Gasteiger partial charge in [0, 0.05) is 10.7 Å². The SMILES string of the molecule is N#Cc1ccc(NC(=O)c2cc(Cl)ccc2Cl)cc1Cl. The second-order valence-corrected chi connectivity index (χ2v) is 5.14. The number of nitrogens with zero attached hydrogens (tertiary/aromatic N) is 1. The quantitative estimate of drug-likeness (QED) is 0.864. The lowest BCUT2D eigenvalue weighted by Gasteiger charge is -2.08. The molecule has 20 heavy (non-hydrogen) atoms. The van der Waals surface area contributed by atoms with Gasteiger partial charge in [0.15, 0.2) is 0 Å². The first kappa shape index (κ1) is 14.7. The molecule has 0 radical (unpaired) electrons. The largest absolute Gasteiger partial charge is 0.322 e. The molecule has 0 heterocycles. The predicted molar refractivity (Wildman–Crippen MR) is 80.6 cm³/mol. The van der Waals surface area contributed by atoms with Crippen LogP contribution < -0.4 is 5.32 Å². The molecule has 100 valence electrons. The maximum atomic E-state index is 12.1. The lowest BCUT2D eigenvalue weighted by Crippen LogP contribution is -2.12. The molecular formula is C14H7Cl3N2O. The van der Waals surface area contributed by atoms with E-state index in [4.69, 9.17) is 40.1 Å². The number of hydrogen-bond acceptors (Lipinski definition) is 2. The topological polar surface area (TPSA) is 52.9 Å². The minimum absolute atomic E-state index is 0.264. The Morgan fingerprint density at radius 1 is 1.05 bits per heavy atom. The lowest BCUT2D eigenvalue weighted by atomic mass is 10.2. The molecule has 0 atom stereocenters. The van der Waals surface area contributed by atoms with Crippen LogP contribution in [0.5, 0.6) is 0 Å². The van der Waals surface area contributed by atoms with E-state index in [0.717, 1.165) is 0 Å². The van der Waals surface area contributed by atoms with Crippen molar-refractivity contribution in [3.8, 4) is 6.07 Å². The molecule has 0 aliphatic carbocycles. The van der Waals surface area contributed by atoms with Crippen molar-refractivity contribution in [1.82, 2.24) is 0 Å². The molecule has 0 aliphatic rings. The summed E-state index contributed by atoms with van der Waals surface area (Å²) in [5.41, 5.74) is 1.07. The Balaban J connectivity index is 2.26. The van der Waals surface area contributed by atoms with Crippen LogP contribution in [0.15, 0.2) is 36.4 Å². The van der Waals surface area contributed by atoms with Crippen LogP contribution in [0.3, 0.4) is 0 Å². The maximum Gasteiger partial charge on any atom is 0.257 e. The van der Waals surface area contributed by atoms with Crippen LogP contribution in [0.2, 0.25) is 15.1 Å². The predicted octanol–water partition coefficient (Wildman–Crippen LogP) is 4.77. The summed E-state index contributed by atoms with van der Waals surface area (Å²) in [5, 5.41) is 12.4. The van der Waals surface area contributed by atoms with E-state index in [1.165, 1.54) is 18.2 Å². The summed E-state index contributed by atoms with van der Waals surface area (Å²) in [5.74, 6) is -0.404. The van der Waals surface area contributed by atoms with Gasteiger partial charge < -0.3 is 5.32 Å². The van der Waals surface area contributed by atoms with Crippen molar-refractivity contribution in [2.75, 3.05) is 5.32 Å². The molecule has 1 N–H and O–H groups in total. The molecule has 2 aromatic carbocycles. The number of anilines is 1. The minimum Gasteiger partial charge on any atom is -0.322 e. The van der Waals surface area contributed by atoms with E-state index >= 15 is 0 Å². The second kappa shape index (κ2) is 6.15.